The van der Waals surface area contributed by atoms with Crippen molar-refractivity contribution >= 4 is 22.6 Å². The van der Waals surface area contributed by atoms with E-state index in [1.165, 1.54) is 0 Å². The lowest BCUT2D eigenvalue weighted by Gasteiger charge is -2.32. The van der Waals surface area contributed by atoms with Gasteiger partial charge in [0.05, 0.1) is 18.2 Å². The highest BCUT2D eigenvalue weighted by Gasteiger charge is 2.35. The highest BCUT2D eigenvalue weighted by molar-refractivity contribution is 6.13. The molecule has 1 aromatic heterocycles. The summed E-state index contributed by atoms with van der Waals surface area (Å²) in [4.78, 5) is 30.3. The summed E-state index contributed by atoms with van der Waals surface area (Å²) in [5.74, 6) is -0.129. The van der Waals surface area contributed by atoms with Crippen molar-refractivity contribution in [3.8, 4) is 0 Å². The minimum atomic E-state index is -0.164. The number of para-hydroxylation sites is 1. The number of nitrogens with one attached hydrogen (secondary N) is 1. The average molecular weight is 304 g/mol. The van der Waals surface area contributed by atoms with Gasteiger partial charge in [0.15, 0.2) is 5.78 Å². The van der Waals surface area contributed by atoms with Crippen molar-refractivity contribution in [3.05, 3.63) is 71.4 Å². The first kappa shape index (κ1) is 13.8. The third-order valence-corrected chi connectivity index (χ3v) is 4.49. The normalized spacial score (nSPS) is 17.3. The lowest BCUT2D eigenvalue weighted by Crippen LogP contribution is -2.41. The molecule has 1 atom stereocenters. The van der Waals surface area contributed by atoms with Crippen LogP contribution >= 0.6 is 0 Å². The Morgan fingerprint density at radius 1 is 1.09 bits per heavy atom. The third-order valence-electron chi connectivity index (χ3n) is 4.49. The largest absolute Gasteiger partial charge is 0.356 e. The zero-order valence-corrected chi connectivity index (χ0v) is 12.7. The standard InChI is InChI=1S/C19H16N2O2/c1-12-18-17(14-9-5-6-10-15(14)20-18)16(22)11-21(12)19(23)13-7-3-2-4-8-13/h2-10,12,20H,11H2,1H3. The van der Waals surface area contributed by atoms with E-state index >= 15 is 0 Å². The molecule has 4 heteroatoms. The van der Waals surface area contributed by atoms with Gasteiger partial charge in [-0.1, -0.05) is 36.4 Å². The minimum absolute atomic E-state index is 0.0140. The van der Waals surface area contributed by atoms with Crippen LogP contribution in [0.25, 0.3) is 10.9 Å². The summed E-state index contributed by atoms with van der Waals surface area (Å²) in [5.41, 5.74) is 3.09. The molecule has 1 N–H and O–H groups in total. The summed E-state index contributed by atoms with van der Waals surface area (Å²) in [6, 6.07) is 16.7. The van der Waals surface area contributed by atoms with E-state index in [4.69, 9.17) is 0 Å². The summed E-state index contributed by atoms with van der Waals surface area (Å²) < 4.78 is 0. The maximum atomic E-state index is 12.7. The summed E-state index contributed by atoms with van der Waals surface area (Å²) in [6.45, 7) is 2.07. The average Bonchev–Trinajstić information content (AvgIpc) is 2.99. The number of amides is 1. The number of fused-ring (bicyclic) bond motifs is 3. The van der Waals surface area contributed by atoms with Crippen LogP contribution in [0.3, 0.4) is 0 Å². The number of carbonyl (C=O) groups is 2. The van der Waals surface area contributed by atoms with Gasteiger partial charge in [-0.25, -0.2) is 0 Å². The van der Waals surface area contributed by atoms with Gasteiger partial charge in [0, 0.05) is 22.2 Å². The Labute approximate surface area is 133 Å². The van der Waals surface area contributed by atoms with E-state index < -0.39 is 0 Å². The zero-order chi connectivity index (χ0) is 16.0. The molecule has 4 nitrogen and oxygen atoms in total. The Balaban J connectivity index is 1.79. The van der Waals surface area contributed by atoms with E-state index in [2.05, 4.69) is 4.98 Å². The second-order valence-corrected chi connectivity index (χ2v) is 5.86. The molecule has 0 aliphatic carbocycles. The first-order valence-electron chi connectivity index (χ1n) is 7.66. The van der Waals surface area contributed by atoms with Crippen molar-refractivity contribution in [1.29, 1.82) is 0 Å². The Bertz CT molecular complexity index is 912. The van der Waals surface area contributed by atoms with Gasteiger partial charge < -0.3 is 9.88 Å². The summed E-state index contributed by atoms with van der Waals surface area (Å²) in [6.07, 6.45) is 0. The Morgan fingerprint density at radius 2 is 1.78 bits per heavy atom. The summed E-state index contributed by atoms with van der Waals surface area (Å²) >= 11 is 0. The molecule has 114 valence electrons. The highest BCUT2D eigenvalue weighted by Crippen LogP contribution is 2.34. The van der Waals surface area contributed by atoms with Crippen LogP contribution in [0.2, 0.25) is 0 Å². The fourth-order valence-corrected chi connectivity index (χ4v) is 3.30. The quantitative estimate of drug-likeness (QED) is 0.747. The van der Waals surface area contributed by atoms with Gasteiger partial charge in [-0.05, 0) is 25.1 Å². The molecule has 3 aromatic rings. The van der Waals surface area contributed by atoms with Crippen LogP contribution in [-0.4, -0.2) is 28.1 Å². The van der Waals surface area contributed by atoms with Gasteiger partial charge in [0.2, 0.25) is 0 Å². The Morgan fingerprint density at radius 3 is 2.57 bits per heavy atom. The highest BCUT2D eigenvalue weighted by atomic mass is 16.2. The van der Waals surface area contributed by atoms with Crippen LogP contribution < -0.4 is 0 Å². The molecular weight excluding hydrogens is 288 g/mol. The fraction of sp³-hybridized carbons (Fsp3) is 0.158. The second kappa shape index (κ2) is 5.09. The van der Waals surface area contributed by atoms with E-state index in [1.807, 2.05) is 49.4 Å². The summed E-state index contributed by atoms with van der Waals surface area (Å²) in [7, 11) is 0. The maximum Gasteiger partial charge on any atom is 0.254 e. The van der Waals surface area contributed by atoms with Gasteiger partial charge in [0.1, 0.15) is 0 Å². The van der Waals surface area contributed by atoms with Crippen LogP contribution in [0.1, 0.15) is 39.4 Å². The van der Waals surface area contributed by atoms with Crippen molar-refractivity contribution in [2.75, 3.05) is 6.54 Å². The number of hydrogen-bond donors (Lipinski definition) is 1. The predicted octanol–water partition coefficient (Wildman–Crippen LogP) is 3.57. The molecule has 0 saturated carbocycles. The molecule has 4 rings (SSSR count). The van der Waals surface area contributed by atoms with Gasteiger partial charge in [-0.3, -0.25) is 9.59 Å². The molecule has 2 heterocycles. The molecule has 1 unspecified atom stereocenters. The molecule has 0 fully saturated rings. The first-order valence-corrected chi connectivity index (χ1v) is 7.66. The third kappa shape index (κ3) is 2.06. The molecule has 1 aliphatic heterocycles. The van der Waals surface area contributed by atoms with Crippen molar-refractivity contribution in [3.63, 3.8) is 0 Å². The van der Waals surface area contributed by atoms with Gasteiger partial charge in [0.25, 0.3) is 5.91 Å². The summed E-state index contributed by atoms with van der Waals surface area (Å²) in [5, 5.41) is 0.936. The van der Waals surface area contributed by atoms with Crippen molar-refractivity contribution in [2.45, 2.75) is 13.0 Å². The lowest BCUT2D eigenvalue weighted by molar-refractivity contribution is 0.0621. The molecule has 0 radical (unpaired) electrons. The fourth-order valence-electron chi connectivity index (χ4n) is 3.30. The first-order chi connectivity index (χ1) is 11.2. The van der Waals surface area contributed by atoms with Crippen LogP contribution in [0.5, 0.6) is 0 Å². The number of carbonyl (C=O) groups excluding carboxylic acids is 2. The van der Waals surface area contributed by atoms with E-state index in [1.54, 1.807) is 17.0 Å². The number of aromatic amines is 1. The smallest absolute Gasteiger partial charge is 0.254 e. The van der Waals surface area contributed by atoms with Crippen LogP contribution in [0.15, 0.2) is 54.6 Å². The van der Waals surface area contributed by atoms with E-state index in [0.717, 1.165) is 22.2 Å². The number of benzene rings is 2. The lowest BCUT2D eigenvalue weighted by atomic mass is 9.96. The van der Waals surface area contributed by atoms with Gasteiger partial charge >= 0.3 is 0 Å². The monoisotopic (exact) mass is 304 g/mol. The number of ketones is 1. The van der Waals surface area contributed by atoms with Crippen molar-refractivity contribution < 1.29 is 9.59 Å². The maximum absolute atomic E-state index is 12.7. The number of aromatic nitrogens is 1. The molecule has 0 spiro atoms. The number of rotatable bonds is 1. The molecule has 0 saturated heterocycles. The number of nitrogens with zero attached hydrogens (tertiary/aromatic N) is 1. The van der Waals surface area contributed by atoms with Gasteiger partial charge in [-0.2, -0.15) is 0 Å². The van der Waals surface area contributed by atoms with E-state index in [-0.39, 0.29) is 24.3 Å². The minimum Gasteiger partial charge on any atom is -0.356 e. The Kier molecular flexibility index (Phi) is 3.05. The van der Waals surface area contributed by atoms with Crippen LogP contribution in [0.4, 0.5) is 0 Å². The van der Waals surface area contributed by atoms with Crippen molar-refractivity contribution in [2.24, 2.45) is 0 Å². The topological polar surface area (TPSA) is 53.2 Å². The predicted molar refractivity (Wildman–Crippen MR) is 88.5 cm³/mol. The Hall–Kier alpha value is -2.88. The molecule has 1 amide bonds. The number of Topliss-reactive ketones (excluding diaryl/α,β-unsaturated/α-hetero) is 1. The SMILES string of the molecule is CC1c2[nH]c3ccccc3c2C(=O)CN1C(=O)c1ccccc1. The van der Waals surface area contributed by atoms with Crippen molar-refractivity contribution in [1.82, 2.24) is 9.88 Å². The van der Waals surface area contributed by atoms with Crippen LogP contribution in [-0.2, 0) is 0 Å². The van der Waals surface area contributed by atoms with E-state index in [9.17, 15) is 9.59 Å². The van der Waals surface area contributed by atoms with E-state index in [0.29, 0.717) is 5.56 Å². The molecule has 1 aliphatic rings. The van der Waals surface area contributed by atoms with Gasteiger partial charge in [-0.15, -0.1) is 0 Å². The molecule has 23 heavy (non-hydrogen) atoms. The zero-order valence-electron chi connectivity index (χ0n) is 12.7. The number of hydrogen-bond acceptors (Lipinski definition) is 2. The van der Waals surface area contributed by atoms with Crippen LogP contribution in [0, 0.1) is 0 Å². The number of H-pyrrole nitrogens is 1. The second-order valence-electron chi connectivity index (χ2n) is 5.86. The molecule has 0 bridgehead atoms. The molecular formula is C19H16N2O2. The molecule has 2 aromatic carbocycles.